The molecule has 1 heterocycles. The van der Waals surface area contributed by atoms with Crippen LogP contribution in [0.5, 0.6) is 11.5 Å². The molecule has 0 unspecified atom stereocenters. The summed E-state index contributed by atoms with van der Waals surface area (Å²) in [7, 11) is 0. The molecule has 1 aliphatic heterocycles. The molecule has 2 rings (SSSR count). The first-order chi connectivity index (χ1) is 6.83. The molecule has 0 atom stereocenters. The molecule has 0 fully saturated rings. The van der Waals surface area contributed by atoms with E-state index in [4.69, 9.17) is 9.47 Å². The topological polar surface area (TPSA) is 47.9 Å². The van der Waals surface area contributed by atoms with Crippen LogP contribution in [-0.4, -0.2) is 12.9 Å². The second-order valence-corrected chi connectivity index (χ2v) is 2.68. The molecule has 0 bridgehead atoms. The summed E-state index contributed by atoms with van der Waals surface area (Å²) in [5.74, 6) is -0.0658. The highest BCUT2D eigenvalue weighted by atomic mass is 19.1. The van der Waals surface area contributed by atoms with Crippen molar-refractivity contribution < 1.29 is 18.7 Å². The molecule has 0 N–H and O–H groups in total. The maximum absolute atomic E-state index is 13.5. The van der Waals surface area contributed by atoms with Gasteiger partial charge in [0.25, 0.3) is 0 Å². The molecule has 1 aromatic carbocycles. The number of rotatable bonds is 2. The van der Waals surface area contributed by atoms with Crippen LogP contribution in [0.15, 0.2) is 17.1 Å². The smallest absolute Gasteiger partial charge is 0.235 e. The van der Waals surface area contributed by atoms with Gasteiger partial charge in [-0.2, -0.15) is 0 Å². The molecule has 0 aromatic heterocycles. The highest BCUT2D eigenvalue weighted by Gasteiger charge is 2.20. The Balaban J connectivity index is 2.39. The Labute approximate surface area is 79.0 Å². The normalized spacial score (nSPS) is 12.4. The molecule has 0 radical (unpaired) electrons. The highest BCUT2D eigenvalue weighted by Crippen LogP contribution is 2.36. The zero-order valence-corrected chi connectivity index (χ0v) is 7.12. The summed E-state index contributed by atoms with van der Waals surface area (Å²) in [6, 6.07) is 3.09. The number of fused-ring (bicyclic) bond motifs is 1. The molecule has 0 spiro atoms. The van der Waals surface area contributed by atoms with Gasteiger partial charge in [0, 0.05) is 5.56 Å². The second-order valence-electron chi connectivity index (χ2n) is 2.68. The van der Waals surface area contributed by atoms with E-state index in [-0.39, 0.29) is 24.7 Å². The van der Waals surface area contributed by atoms with Crippen molar-refractivity contribution in [3.63, 3.8) is 0 Å². The Kier molecular flexibility index (Phi) is 2.16. The van der Waals surface area contributed by atoms with Gasteiger partial charge in [0.15, 0.2) is 11.6 Å². The van der Waals surface area contributed by atoms with Crippen LogP contribution in [0.25, 0.3) is 0 Å². The predicted molar refractivity (Wildman–Crippen MR) is 44.3 cm³/mol. The van der Waals surface area contributed by atoms with Gasteiger partial charge >= 0.3 is 0 Å². The summed E-state index contributed by atoms with van der Waals surface area (Å²) in [5, 5.41) is 0. The standard InChI is InChI=1S/C9H6FNO3/c10-8-6(3-11-4-12)1-2-7-9(8)14-5-13-7/h1-2H,3,5H2. The largest absolute Gasteiger partial charge is 0.453 e. The SMILES string of the molecule is O=C=NCc1ccc2c(c1F)OCO2. The Morgan fingerprint density at radius 3 is 3.14 bits per heavy atom. The molecule has 0 saturated carbocycles. The molecule has 0 aliphatic carbocycles. The summed E-state index contributed by atoms with van der Waals surface area (Å²) in [5.41, 5.74) is 0.289. The van der Waals surface area contributed by atoms with Gasteiger partial charge < -0.3 is 9.47 Å². The van der Waals surface area contributed by atoms with E-state index in [9.17, 15) is 9.18 Å². The number of carbonyl (C=O) groups excluding carboxylic acids is 1. The molecule has 1 aliphatic rings. The van der Waals surface area contributed by atoms with Crippen molar-refractivity contribution >= 4 is 6.08 Å². The van der Waals surface area contributed by atoms with Gasteiger partial charge in [-0.25, -0.2) is 14.2 Å². The van der Waals surface area contributed by atoms with Crippen molar-refractivity contribution in [2.45, 2.75) is 6.54 Å². The quantitative estimate of drug-likeness (QED) is 0.529. The lowest BCUT2D eigenvalue weighted by Crippen LogP contribution is -1.94. The van der Waals surface area contributed by atoms with Crippen LogP contribution in [0.4, 0.5) is 4.39 Å². The van der Waals surface area contributed by atoms with Crippen LogP contribution in [0.2, 0.25) is 0 Å². The van der Waals surface area contributed by atoms with E-state index >= 15 is 0 Å². The van der Waals surface area contributed by atoms with Gasteiger partial charge in [-0.15, -0.1) is 0 Å². The van der Waals surface area contributed by atoms with E-state index in [1.807, 2.05) is 0 Å². The first-order valence-electron chi connectivity index (χ1n) is 3.93. The Hall–Kier alpha value is -1.87. The number of isocyanates is 1. The van der Waals surface area contributed by atoms with Crippen LogP contribution < -0.4 is 9.47 Å². The molecule has 0 saturated heterocycles. The second kappa shape index (κ2) is 3.47. The monoisotopic (exact) mass is 195 g/mol. The van der Waals surface area contributed by atoms with E-state index in [0.29, 0.717) is 5.75 Å². The fourth-order valence-corrected chi connectivity index (χ4v) is 1.22. The van der Waals surface area contributed by atoms with Crippen molar-refractivity contribution in [1.29, 1.82) is 0 Å². The molecule has 5 heteroatoms. The maximum atomic E-state index is 13.5. The maximum Gasteiger partial charge on any atom is 0.235 e. The number of aliphatic imine (C=N–C) groups is 1. The fraction of sp³-hybridized carbons (Fsp3) is 0.222. The molecular formula is C9H6FNO3. The van der Waals surface area contributed by atoms with E-state index in [1.165, 1.54) is 12.1 Å². The first kappa shape index (κ1) is 8.72. The minimum atomic E-state index is -0.529. The minimum Gasteiger partial charge on any atom is -0.453 e. The van der Waals surface area contributed by atoms with Crippen molar-refractivity contribution in [1.82, 2.24) is 0 Å². The molecule has 4 nitrogen and oxygen atoms in total. The predicted octanol–water partition coefficient (Wildman–Crippen LogP) is 1.39. The average Bonchev–Trinajstić information content (AvgIpc) is 2.66. The van der Waals surface area contributed by atoms with Crippen molar-refractivity contribution in [2.24, 2.45) is 4.99 Å². The summed E-state index contributed by atoms with van der Waals surface area (Å²) < 4.78 is 23.4. The lowest BCUT2D eigenvalue weighted by atomic mass is 10.2. The van der Waals surface area contributed by atoms with Crippen LogP contribution in [0.3, 0.4) is 0 Å². The Morgan fingerprint density at radius 2 is 2.36 bits per heavy atom. The third kappa shape index (κ3) is 1.34. The van der Waals surface area contributed by atoms with Gasteiger partial charge in [0.2, 0.25) is 18.6 Å². The average molecular weight is 195 g/mol. The lowest BCUT2D eigenvalue weighted by molar-refractivity contribution is 0.170. The summed E-state index contributed by atoms with van der Waals surface area (Å²) in [4.78, 5) is 13.1. The van der Waals surface area contributed by atoms with Gasteiger partial charge in [0.05, 0.1) is 6.54 Å². The van der Waals surface area contributed by atoms with Gasteiger partial charge in [-0.05, 0) is 6.07 Å². The van der Waals surface area contributed by atoms with Crippen LogP contribution in [0, 0.1) is 5.82 Å². The number of hydrogen-bond acceptors (Lipinski definition) is 4. The summed E-state index contributed by atoms with van der Waals surface area (Å²) in [6.07, 6.45) is 1.35. The summed E-state index contributed by atoms with van der Waals surface area (Å²) >= 11 is 0. The molecule has 1 aromatic rings. The Morgan fingerprint density at radius 1 is 1.50 bits per heavy atom. The van der Waals surface area contributed by atoms with Gasteiger partial charge in [-0.3, -0.25) is 0 Å². The highest BCUT2D eigenvalue weighted by molar-refractivity contribution is 5.46. The van der Waals surface area contributed by atoms with Crippen molar-refractivity contribution in [3.8, 4) is 11.5 Å². The van der Waals surface area contributed by atoms with E-state index in [1.54, 1.807) is 6.07 Å². The number of halogens is 1. The molecule has 72 valence electrons. The van der Waals surface area contributed by atoms with E-state index in [2.05, 4.69) is 4.99 Å². The molecular weight excluding hydrogens is 189 g/mol. The van der Waals surface area contributed by atoms with Crippen LogP contribution in [-0.2, 0) is 11.3 Å². The fourth-order valence-electron chi connectivity index (χ4n) is 1.22. The number of ether oxygens (including phenoxy) is 2. The van der Waals surface area contributed by atoms with Crippen molar-refractivity contribution in [3.05, 3.63) is 23.5 Å². The minimum absolute atomic E-state index is 0.0205. The summed E-state index contributed by atoms with van der Waals surface area (Å²) in [6.45, 7) is -0.0152. The molecule has 0 amide bonds. The van der Waals surface area contributed by atoms with E-state index < -0.39 is 5.82 Å². The Bertz CT molecular complexity index is 413. The van der Waals surface area contributed by atoms with Gasteiger partial charge in [-0.1, -0.05) is 6.07 Å². The van der Waals surface area contributed by atoms with Crippen LogP contribution >= 0.6 is 0 Å². The van der Waals surface area contributed by atoms with Gasteiger partial charge in [0.1, 0.15) is 0 Å². The zero-order valence-electron chi connectivity index (χ0n) is 7.12. The number of nitrogens with zero attached hydrogens (tertiary/aromatic N) is 1. The lowest BCUT2D eigenvalue weighted by Gasteiger charge is -2.01. The third-order valence-electron chi connectivity index (χ3n) is 1.87. The zero-order chi connectivity index (χ0) is 9.97. The molecule has 14 heavy (non-hydrogen) atoms. The van der Waals surface area contributed by atoms with Crippen molar-refractivity contribution in [2.75, 3.05) is 6.79 Å². The van der Waals surface area contributed by atoms with Crippen LogP contribution in [0.1, 0.15) is 5.56 Å². The number of benzene rings is 1. The first-order valence-corrected chi connectivity index (χ1v) is 3.93. The van der Waals surface area contributed by atoms with E-state index in [0.717, 1.165) is 0 Å². The third-order valence-corrected chi connectivity index (χ3v) is 1.87. The number of hydrogen-bond donors (Lipinski definition) is 0.